The van der Waals surface area contributed by atoms with Gasteiger partial charge in [0.25, 0.3) is 5.91 Å². The summed E-state index contributed by atoms with van der Waals surface area (Å²) in [6, 6.07) is 19.2. The minimum absolute atomic E-state index is 0.0642. The van der Waals surface area contributed by atoms with Crippen molar-refractivity contribution in [1.82, 2.24) is 4.90 Å². The van der Waals surface area contributed by atoms with Gasteiger partial charge in [0.1, 0.15) is 0 Å². The van der Waals surface area contributed by atoms with Gasteiger partial charge in [-0.15, -0.1) is 0 Å². The fourth-order valence-electron chi connectivity index (χ4n) is 4.40. The smallest absolute Gasteiger partial charge is 0.254 e. The summed E-state index contributed by atoms with van der Waals surface area (Å²) in [5.41, 5.74) is 3.78. The van der Waals surface area contributed by atoms with Gasteiger partial charge in [-0.05, 0) is 60.4 Å². The molecule has 3 aromatic rings. The molecule has 0 saturated heterocycles. The van der Waals surface area contributed by atoms with Crippen molar-refractivity contribution in [3.8, 4) is 23.0 Å². The number of carbonyl (C=O) groups is 1. The van der Waals surface area contributed by atoms with Crippen molar-refractivity contribution in [3.05, 3.63) is 82.9 Å². The molecule has 33 heavy (non-hydrogen) atoms. The third-order valence-corrected chi connectivity index (χ3v) is 5.96. The van der Waals surface area contributed by atoms with Gasteiger partial charge < -0.3 is 23.8 Å². The van der Waals surface area contributed by atoms with Crippen LogP contribution in [-0.4, -0.2) is 45.3 Å². The molecule has 0 aromatic heterocycles. The summed E-state index contributed by atoms with van der Waals surface area (Å²) in [6.07, 6.45) is 0.721. The Kier molecular flexibility index (Phi) is 6.73. The number of hydrogen-bond acceptors (Lipinski definition) is 5. The molecular formula is C27H29NO5. The predicted molar refractivity (Wildman–Crippen MR) is 127 cm³/mol. The minimum atomic E-state index is -0.250. The Bertz CT molecular complexity index is 1130. The zero-order valence-corrected chi connectivity index (χ0v) is 19.5. The molecule has 0 saturated carbocycles. The molecule has 172 valence electrons. The average molecular weight is 448 g/mol. The van der Waals surface area contributed by atoms with Gasteiger partial charge in [0.05, 0.1) is 34.0 Å². The second kappa shape index (κ2) is 9.86. The molecule has 0 bridgehead atoms. The maximum atomic E-state index is 13.8. The molecule has 1 aliphatic heterocycles. The van der Waals surface area contributed by atoms with E-state index in [2.05, 4.69) is 12.1 Å². The molecule has 4 rings (SSSR count). The van der Waals surface area contributed by atoms with Crippen LogP contribution in [0.15, 0.2) is 60.7 Å². The van der Waals surface area contributed by atoms with Crippen molar-refractivity contribution >= 4 is 5.91 Å². The van der Waals surface area contributed by atoms with Crippen molar-refractivity contribution in [2.24, 2.45) is 0 Å². The van der Waals surface area contributed by atoms with Crippen LogP contribution in [0.1, 0.15) is 40.0 Å². The number of methoxy groups -OCH3 is 3. The van der Waals surface area contributed by atoms with Crippen molar-refractivity contribution in [3.63, 3.8) is 0 Å². The molecule has 1 amide bonds. The molecule has 1 atom stereocenters. The van der Waals surface area contributed by atoms with Crippen molar-refractivity contribution in [2.75, 3.05) is 34.5 Å². The Balaban J connectivity index is 1.79. The predicted octanol–water partition coefficient (Wildman–Crippen LogP) is 4.90. The maximum absolute atomic E-state index is 13.8. The molecule has 6 nitrogen and oxygen atoms in total. The highest BCUT2D eigenvalue weighted by Gasteiger charge is 2.34. The van der Waals surface area contributed by atoms with Gasteiger partial charge in [-0.3, -0.25) is 4.79 Å². The zero-order chi connectivity index (χ0) is 23.4. The monoisotopic (exact) mass is 447 g/mol. The summed E-state index contributed by atoms with van der Waals surface area (Å²) in [7, 11) is 4.84. The summed E-state index contributed by atoms with van der Waals surface area (Å²) >= 11 is 0. The maximum Gasteiger partial charge on any atom is 0.254 e. The van der Waals surface area contributed by atoms with Gasteiger partial charge >= 0.3 is 0 Å². The highest BCUT2D eigenvalue weighted by atomic mass is 16.5. The zero-order valence-electron chi connectivity index (χ0n) is 19.5. The van der Waals surface area contributed by atoms with E-state index in [1.807, 2.05) is 42.2 Å². The number of fused-ring (bicyclic) bond motifs is 1. The molecule has 0 fully saturated rings. The van der Waals surface area contributed by atoms with Crippen molar-refractivity contribution < 1.29 is 23.7 Å². The normalized spacial score (nSPS) is 14.9. The Morgan fingerprint density at radius 2 is 1.55 bits per heavy atom. The number of rotatable bonds is 7. The van der Waals surface area contributed by atoms with Crippen molar-refractivity contribution in [1.29, 1.82) is 0 Å². The standard InChI is InChI=1S/C27H29NO5/c1-5-33-22-12-11-20(16-23(22)30-2)27(29)28-14-13-19-15-24(31-3)25(32-4)17-21(19)26(28)18-9-7-6-8-10-18/h6-12,15-17,26H,5,13-14H2,1-4H3. The minimum Gasteiger partial charge on any atom is -0.493 e. The average Bonchev–Trinajstić information content (AvgIpc) is 2.87. The molecule has 1 heterocycles. The lowest BCUT2D eigenvalue weighted by Crippen LogP contribution is -2.40. The Morgan fingerprint density at radius 3 is 2.21 bits per heavy atom. The summed E-state index contributed by atoms with van der Waals surface area (Å²) in [5, 5.41) is 0. The number of carbonyl (C=O) groups excluding carboxylic acids is 1. The number of benzene rings is 3. The van der Waals surface area contributed by atoms with Gasteiger partial charge in [-0.1, -0.05) is 30.3 Å². The molecule has 0 radical (unpaired) electrons. The van der Waals surface area contributed by atoms with Crippen LogP contribution in [0.4, 0.5) is 0 Å². The number of amides is 1. The fraction of sp³-hybridized carbons (Fsp3) is 0.296. The summed E-state index contributed by atoms with van der Waals surface area (Å²) in [6.45, 7) is 3.02. The van der Waals surface area contributed by atoms with Crippen LogP contribution in [0.5, 0.6) is 23.0 Å². The number of ether oxygens (including phenoxy) is 4. The largest absolute Gasteiger partial charge is 0.493 e. The first-order chi connectivity index (χ1) is 16.1. The van der Waals surface area contributed by atoms with Crippen LogP contribution in [-0.2, 0) is 6.42 Å². The van der Waals surface area contributed by atoms with E-state index in [0.717, 1.165) is 23.1 Å². The second-order valence-corrected chi connectivity index (χ2v) is 7.77. The second-order valence-electron chi connectivity index (χ2n) is 7.77. The van der Waals surface area contributed by atoms with Gasteiger partial charge in [-0.25, -0.2) is 0 Å². The quantitative estimate of drug-likeness (QED) is 0.516. The van der Waals surface area contributed by atoms with E-state index in [1.165, 1.54) is 0 Å². The third kappa shape index (κ3) is 4.33. The van der Waals surface area contributed by atoms with E-state index in [4.69, 9.17) is 18.9 Å². The third-order valence-electron chi connectivity index (χ3n) is 5.96. The molecule has 1 unspecified atom stereocenters. The molecule has 6 heteroatoms. The van der Waals surface area contributed by atoms with Gasteiger partial charge in [0.15, 0.2) is 23.0 Å². The Labute approximate surface area is 194 Å². The molecule has 0 spiro atoms. The van der Waals surface area contributed by atoms with Crippen LogP contribution in [0.3, 0.4) is 0 Å². The highest BCUT2D eigenvalue weighted by molar-refractivity contribution is 5.95. The molecule has 0 N–H and O–H groups in total. The topological polar surface area (TPSA) is 57.2 Å². The van der Waals surface area contributed by atoms with E-state index < -0.39 is 0 Å². The fourth-order valence-corrected chi connectivity index (χ4v) is 4.40. The molecular weight excluding hydrogens is 418 g/mol. The van der Waals surface area contributed by atoms with Crippen LogP contribution < -0.4 is 18.9 Å². The Hall–Kier alpha value is -3.67. The molecule has 3 aromatic carbocycles. The summed E-state index contributed by atoms with van der Waals surface area (Å²) < 4.78 is 22.2. The van der Waals surface area contributed by atoms with E-state index in [0.29, 0.717) is 41.7 Å². The van der Waals surface area contributed by atoms with Crippen LogP contribution in [0, 0.1) is 0 Å². The Morgan fingerprint density at radius 1 is 0.879 bits per heavy atom. The van der Waals surface area contributed by atoms with Crippen LogP contribution in [0.25, 0.3) is 0 Å². The number of nitrogens with zero attached hydrogens (tertiary/aromatic N) is 1. The lowest BCUT2D eigenvalue weighted by atomic mass is 9.87. The first-order valence-corrected chi connectivity index (χ1v) is 11.0. The first-order valence-electron chi connectivity index (χ1n) is 11.0. The van der Waals surface area contributed by atoms with Crippen molar-refractivity contribution in [2.45, 2.75) is 19.4 Å². The van der Waals surface area contributed by atoms with E-state index in [-0.39, 0.29) is 11.9 Å². The lowest BCUT2D eigenvalue weighted by molar-refractivity contribution is 0.0693. The summed E-state index contributed by atoms with van der Waals surface area (Å²) in [4.78, 5) is 15.7. The molecule has 0 aliphatic carbocycles. The van der Waals surface area contributed by atoms with Gasteiger partial charge in [0.2, 0.25) is 0 Å². The van der Waals surface area contributed by atoms with Crippen LogP contribution in [0.2, 0.25) is 0 Å². The van der Waals surface area contributed by atoms with Gasteiger partial charge in [0, 0.05) is 12.1 Å². The van der Waals surface area contributed by atoms with E-state index in [9.17, 15) is 4.79 Å². The van der Waals surface area contributed by atoms with Gasteiger partial charge in [-0.2, -0.15) is 0 Å². The SMILES string of the molecule is CCOc1ccc(C(=O)N2CCc3cc(OC)c(OC)cc3C2c2ccccc2)cc1OC. The van der Waals surface area contributed by atoms with Crippen LogP contribution >= 0.6 is 0 Å². The first kappa shape index (κ1) is 22.5. The lowest BCUT2D eigenvalue weighted by Gasteiger charge is -2.38. The summed E-state index contributed by atoms with van der Waals surface area (Å²) in [5.74, 6) is 2.44. The van der Waals surface area contributed by atoms with E-state index >= 15 is 0 Å². The van der Waals surface area contributed by atoms with E-state index in [1.54, 1.807) is 39.5 Å². The number of hydrogen-bond donors (Lipinski definition) is 0. The highest BCUT2D eigenvalue weighted by Crippen LogP contribution is 2.42. The molecule has 1 aliphatic rings.